The van der Waals surface area contributed by atoms with Gasteiger partial charge >= 0.3 is 0 Å². The lowest BCUT2D eigenvalue weighted by atomic mass is 10.00. The number of hydrogen-bond acceptors (Lipinski definition) is 3. The first-order valence-corrected chi connectivity index (χ1v) is 6.34. The van der Waals surface area contributed by atoms with Crippen molar-refractivity contribution < 1.29 is 9.47 Å². The number of nitrogens with one attached hydrogen (secondary N) is 1. The van der Waals surface area contributed by atoms with Crippen molar-refractivity contribution in [2.24, 2.45) is 5.92 Å². The molecule has 3 atom stereocenters. The van der Waals surface area contributed by atoms with Gasteiger partial charge in [0.25, 0.3) is 0 Å². The van der Waals surface area contributed by atoms with Crippen LogP contribution in [0.4, 0.5) is 0 Å². The molecule has 1 saturated carbocycles. The Morgan fingerprint density at radius 3 is 2.94 bits per heavy atom. The molecule has 1 aromatic rings. The van der Waals surface area contributed by atoms with Crippen LogP contribution in [0.25, 0.3) is 0 Å². The van der Waals surface area contributed by atoms with Gasteiger partial charge in [-0.25, -0.2) is 0 Å². The smallest absolute Gasteiger partial charge is 0.124 e. The molecule has 1 fully saturated rings. The van der Waals surface area contributed by atoms with Crippen LogP contribution < -0.4 is 14.8 Å². The van der Waals surface area contributed by atoms with Crippen molar-refractivity contribution >= 4 is 0 Å². The van der Waals surface area contributed by atoms with Crippen LogP contribution >= 0.6 is 0 Å². The van der Waals surface area contributed by atoms with E-state index in [0.29, 0.717) is 12.1 Å². The van der Waals surface area contributed by atoms with Crippen LogP contribution in [0.5, 0.6) is 11.5 Å². The number of benzene rings is 1. The maximum atomic E-state index is 5.69. The molecule has 3 rings (SSSR count). The Bertz CT molecular complexity index is 419. The van der Waals surface area contributed by atoms with E-state index < -0.39 is 0 Å². The zero-order chi connectivity index (χ0) is 11.8. The van der Waals surface area contributed by atoms with E-state index in [1.54, 1.807) is 7.11 Å². The topological polar surface area (TPSA) is 30.5 Å². The third kappa shape index (κ3) is 2.12. The highest BCUT2D eigenvalue weighted by Crippen LogP contribution is 2.38. The highest BCUT2D eigenvalue weighted by Gasteiger charge is 2.35. The SMILES string of the molecule is COc1ccc2c(c1)C(NC1CC1C)CCO2. The van der Waals surface area contributed by atoms with Crippen molar-refractivity contribution in [2.75, 3.05) is 13.7 Å². The fraction of sp³-hybridized carbons (Fsp3) is 0.571. The quantitative estimate of drug-likeness (QED) is 0.870. The number of methoxy groups -OCH3 is 1. The molecule has 1 N–H and O–H groups in total. The van der Waals surface area contributed by atoms with Gasteiger partial charge in [0, 0.05) is 24.1 Å². The summed E-state index contributed by atoms with van der Waals surface area (Å²) in [5.41, 5.74) is 1.25. The summed E-state index contributed by atoms with van der Waals surface area (Å²) in [6, 6.07) is 7.18. The molecule has 1 aliphatic heterocycles. The summed E-state index contributed by atoms with van der Waals surface area (Å²) >= 11 is 0. The fourth-order valence-electron chi connectivity index (χ4n) is 2.49. The average Bonchev–Trinajstić information content (AvgIpc) is 3.05. The highest BCUT2D eigenvalue weighted by molar-refractivity contribution is 5.43. The van der Waals surface area contributed by atoms with E-state index in [2.05, 4.69) is 18.3 Å². The Balaban J connectivity index is 1.83. The molecule has 3 unspecified atom stereocenters. The van der Waals surface area contributed by atoms with Crippen LogP contribution in [0.2, 0.25) is 0 Å². The molecular formula is C14H19NO2. The molecule has 3 heteroatoms. The first-order chi connectivity index (χ1) is 8.28. The lowest BCUT2D eigenvalue weighted by molar-refractivity contribution is 0.250. The van der Waals surface area contributed by atoms with Crippen molar-refractivity contribution in [2.45, 2.75) is 31.8 Å². The van der Waals surface area contributed by atoms with Crippen molar-refractivity contribution in [1.82, 2.24) is 5.32 Å². The Morgan fingerprint density at radius 1 is 1.41 bits per heavy atom. The molecule has 17 heavy (non-hydrogen) atoms. The van der Waals surface area contributed by atoms with Crippen molar-refractivity contribution in [3.05, 3.63) is 23.8 Å². The summed E-state index contributed by atoms with van der Waals surface area (Å²) in [4.78, 5) is 0. The largest absolute Gasteiger partial charge is 0.497 e. The molecular weight excluding hydrogens is 214 g/mol. The lowest BCUT2D eigenvalue weighted by Crippen LogP contribution is -2.29. The van der Waals surface area contributed by atoms with Crippen LogP contribution in [0, 0.1) is 5.92 Å². The lowest BCUT2D eigenvalue weighted by Gasteiger charge is -2.27. The zero-order valence-corrected chi connectivity index (χ0v) is 10.4. The maximum absolute atomic E-state index is 5.69. The summed E-state index contributed by atoms with van der Waals surface area (Å²) in [6.45, 7) is 3.10. The van der Waals surface area contributed by atoms with Gasteiger partial charge in [-0.3, -0.25) is 0 Å². The molecule has 0 bridgehead atoms. The number of fused-ring (bicyclic) bond motifs is 1. The normalized spacial score (nSPS) is 30.4. The number of hydrogen-bond donors (Lipinski definition) is 1. The summed E-state index contributed by atoms with van der Waals surface area (Å²) in [5.74, 6) is 2.74. The fourth-order valence-corrected chi connectivity index (χ4v) is 2.49. The van der Waals surface area contributed by atoms with Crippen molar-refractivity contribution in [1.29, 1.82) is 0 Å². The predicted molar refractivity (Wildman–Crippen MR) is 66.6 cm³/mol. The predicted octanol–water partition coefficient (Wildman–Crippen LogP) is 2.52. The van der Waals surface area contributed by atoms with Gasteiger partial charge in [-0.1, -0.05) is 6.92 Å². The standard InChI is InChI=1S/C14H19NO2/c1-9-7-13(9)15-12-5-6-17-14-4-3-10(16-2)8-11(12)14/h3-4,8-9,12-13,15H,5-7H2,1-2H3. The molecule has 0 aromatic heterocycles. The third-order valence-corrected chi connectivity index (χ3v) is 3.78. The van der Waals surface area contributed by atoms with E-state index in [4.69, 9.17) is 9.47 Å². The molecule has 0 amide bonds. The van der Waals surface area contributed by atoms with E-state index in [1.165, 1.54) is 12.0 Å². The van der Waals surface area contributed by atoms with Gasteiger partial charge in [0.2, 0.25) is 0 Å². The Kier molecular flexibility index (Phi) is 2.71. The van der Waals surface area contributed by atoms with Gasteiger partial charge in [-0.05, 0) is 30.5 Å². The first-order valence-electron chi connectivity index (χ1n) is 6.34. The molecule has 0 saturated heterocycles. The van der Waals surface area contributed by atoms with Gasteiger partial charge in [-0.2, -0.15) is 0 Å². The van der Waals surface area contributed by atoms with E-state index in [1.807, 2.05) is 12.1 Å². The summed E-state index contributed by atoms with van der Waals surface area (Å²) in [7, 11) is 1.71. The molecule has 1 aromatic carbocycles. The molecule has 1 aliphatic carbocycles. The number of rotatable bonds is 3. The highest BCUT2D eigenvalue weighted by atomic mass is 16.5. The molecule has 3 nitrogen and oxygen atoms in total. The third-order valence-electron chi connectivity index (χ3n) is 3.78. The van der Waals surface area contributed by atoms with E-state index in [0.717, 1.165) is 30.4 Å². The van der Waals surface area contributed by atoms with Crippen LogP contribution in [0.15, 0.2) is 18.2 Å². The number of ether oxygens (including phenoxy) is 2. The van der Waals surface area contributed by atoms with Crippen LogP contribution in [-0.4, -0.2) is 19.8 Å². The Morgan fingerprint density at radius 2 is 2.24 bits per heavy atom. The minimum absolute atomic E-state index is 0.420. The minimum atomic E-state index is 0.420. The molecule has 2 aliphatic rings. The Labute approximate surface area is 102 Å². The van der Waals surface area contributed by atoms with E-state index >= 15 is 0 Å². The summed E-state index contributed by atoms with van der Waals surface area (Å²) in [5, 5.41) is 3.71. The van der Waals surface area contributed by atoms with Gasteiger partial charge in [0.15, 0.2) is 0 Å². The second kappa shape index (κ2) is 4.22. The maximum Gasteiger partial charge on any atom is 0.124 e. The van der Waals surface area contributed by atoms with Crippen molar-refractivity contribution in [3.63, 3.8) is 0 Å². The van der Waals surface area contributed by atoms with Gasteiger partial charge in [0.05, 0.1) is 13.7 Å². The van der Waals surface area contributed by atoms with Crippen LogP contribution in [0.3, 0.4) is 0 Å². The summed E-state index contributed by atoms with van der Waals surface area (Å²) < 4.78 is 11.0. The summed E-state index contributed by atoms with van der Waals surface area (Å²) in [6.07, 6.45) is 2.35. The van der Waals surface area contributed by atoms with Gasteiger partial charge in [0.1, 0.15) is 11.5 Å². The second-order valence-corrected chi connectivity index (χ2v) is 5.08. The van der Waals surface area contributed by atoms with Crippen molar-refractivity contribution in [3.8, 4) is 11.5 Å². The van der Waals surface area contributed by atoms with E-state index in [-0.39, 0.29) is 0 Å². The Hall–Kier alpha value is -1.22. The van der Waals surface area contributed by atoms with Gasteiger partial charge in [-0.15, -0.1) is 0 Å². The molecule has 92 valence electrons. The van der Waals surface area contributed by atoms with Crippen LogP contribution in [0.1, 0.15) is 31.4 Å². The first kappa shape index (κ1) is 10.9. The van der Waals surface area contributed by atoms with E-state index in [9.17, 15) is 0 Å². The average molecular weight is 233 g/mol. The molecule has 1 heterocycles. The van der Waals surface area contributed by atoms with Gasteiger partial charge < -0.3 is 14.8 Å². The molecule has 0 spiro atoms. The monoisotopic (exact) mass is 233 g/mol. The molecule has 0 radical (unpaired) electrons. The zero-order valence-electron chi connectivity index (χ0n) is 10.4. The minimum Gasteiger partial charge on any atom is -0.497 e. The van der Waals surface area contributed by atoms with Crippen LogP contribution in [-0.2, 0) is 0 Å². The second-order valence-electron chi connectivity index (χ2n) is 5.08.